The topological polar surface area (TPSA) is 56.6 Å². The molecule has 1 aliphatic carbocycles. The van der Waals surface area contributed by atoms with Gasteiger partial charge >= 0.3 is 6.09 Å². The van der Waals surface area contributed by atoms with Gasteiger partial charge in [-0.25, -0.2) is 4.79 Å². The molecule has 2 aliphatic rings. The van der Waals surface area contributed by atoms with Gasteiger partial charge in [0.1, 0.15) is 11.7 Å². The summed E-state index contributed by atoms with van der Waals surface area (Å²) in [6.45, 7) is 7.79. The number of hydrogen-bond acceptors (Lipinski definition) is 4. The number of rotatable bonds is 4. The van der Waals surface area contributed by atoms with E-state index in [4.69, 9.17) is 21.6 Å². The van der Waals surface area contributed by atoms with Crippen molar-refractivity contribution in [2.45, 2.75) is 58.1 Å². The van der Waals surface area contributed by atoms with E-state index < -0.39 is 5.60 Å². The Morgan fingerprint density at radius 1 is 1.43 bits per heavy atom. The Labute approximate surface area is 172 Å². The van der Waals surface area contributed by atoms with Gasteiger partial charge in [-0.1, -0.05) is 23.3 Å². The number of nitrogens with zero attached hydrogens (tertiary/aromatic N) is 3. The molecule has 0 bridgehead atoms. The third kappa shape index (κ3) is 4.99. The quantitative estimate of drug-likeness (QED) is 0.655. The Morgan fingerprint density at radius 3 is 2.82 bits per heavy atom. The van der Waals surface area contributed by atoms with E-state index in [0.717, 1.165) is 31.5 Å². The van der Waals surface area contributed by atoms with E-state index >= 15 is 0 Å². The molecule has 150 valence electrons. The van der Waals surface area contributed by atoms with Gasteiger partial charge in [-0.15, -0.1) is 0 Å². The van der Waals surface area contributed by atoms with Crippen molar-refractivity contribution < 1.29 is 9.53 Å². The van der Waals surface area contributed by atoms with E-state index in [0.29, 0.717) is 23.7 Å². The van der Waals surface area contributed by atoms with Gasteiger partial charge in [-0.2, -0.15) is 5.26 Å². The van der Waals surface area contributed by atoms with Gasteiger partial charge in [0, 0.05) is 31.4 Å². The van der Waals surface area contributed by atoms with Gasteiger partial charge in [0.25, 0.3) is 0 Å². The van der Waals surface area contributed by atoms with Crippen molar-refractivity contribution in [1.82, 2.24) is 4.90 Å². The summed E-state index contributed by atoms with van der Waals surface area (Å²) in [4.78, 5) is 16.6. The molecule has 1 amide bonds. The number of carbonyl (C=O) groups excluding carboxylic acids is 1. The highest BCUT2D eigenvalue weighted by Gasteiger charge is 2.33. The Kier molecular flexibility index (Phi) is 6.20. The molecule has 5 nitrogen and oxygen atoms in total. The molecule has 0 radical (unpaired) electrons. The van der Waals surface area contributed by atoms with Crippen LogP contribution >= 0.6 is 11.6 Å². The Bertz CT molecular complexity index is 807. The van der Waals surface area contributed by atoms with Crippen LogP contribution in [0.3, 0.4) is 0 Å². The maximum atomic E-state index is 12.5. The molecule has 0 aromatic heterocycles. The summed E-state index contributed by atoms with van der Waals surface area (Å²) in [5, 5.41) is 9.63. The fourth-order valence-electron chi connectivity index (χ4n) is 3.79. The third-order valence-electron chi connectivity index (χ3n) is 5.17. The monoisotopic (exact) mass is 401 g/mol. The lowest BCUT2D eigenvalue weighted by molar-refractivity contribution is 0.0292. The molecule has 1 fully saturated rings. The molecule has 0 unspecified atom stereocenters. The van der Waals surface area contributed by atoms with Crippen molar-refractivity contribution in [3.8, 4) is 6.07 Å². The minimum absolute atomic E-state index is 0.193. The molecule has 0 N–H and O–H groups in total. The number of ether oxygens (including phenoxy) is 1. The second-order valence-electron chi connectivity index (χ2n) is 8.53. The lowest BCUT2D eigenvalue weighted by Gasteiger charge is -2.32. The lowest BCUT2D eigenvalue weighted by Crippen LogP contribution is -2.41. The summed E-state index contributed by atoms with van der Waals surface area (Å²) in [6.07, 6.45) is 6.39. The molecular weight excluding hydrogens is 374 g/mol. The molecule has 3 rings (SSSR count). The van der Waals surface area contributed by atoms with Crippen molar-refractivity contribution in [3.63, 3.8) is 0 Å². The second kappa shape index (κ2) is 8.45. The summed E-state index contributed by atoms with van der Waals surface area (Å²) in [7, 11) is 0. The van der Waals surface area contributed by atoms with Crippen LogP contribution in [0.2, 0.25) is 5.02 Å². The van der Waals surface area contributed by atoms with E-state index in [1.165, 1.54) is 12.0 Å². The summed E-state index contributed by atoms with van der Waals surface area (Å²) in [6, 6.07) is 7.90. The van der Waals surface area contributed by atoms with Crippen LogP contribution in [0, 0.1) is 11.3 Å². The van der Waals surface area contributed by atoms with E-state index in [1.54, 1.807) is 11.0 Å². The molecule has 6 heteroatoms. The van der Waals surface area contributed by atoms with Crippen molar-refractivity contribution in [3.05, 3.63) is 40.4 Å². The average Bonchev–Trinajstić information content (AvgIpc) is 3.30. The normalized spacial score (nSPS) is 19.3. The molecule has 1 aliphatic heterocycles. The van der Waals surface area contributed by atoms with Gasteiger partial charge in [-0.3, -0.25) is 0 Å². The molecule has 1 aromatic carbocycles. The SMILES string of the molecule is CC(C)(C)OC(=O)N1CC[C@H](N(CC2=CCCC2)c2ccc(C#N)c(Cl)c2)C1. The van der Waals surface area contributed by atoms with Crippen LogP contribution in [0.25, 0.3) is 0 Å². The Hall–Kier alpha value is -2.19. The zero-order valence-corrected chi connectivity index (χ0v) is 17.6. The van der Waals surface area contributed by atoms with Crippen LogP contribution in [-0.2, 0) is 4.74 Å². The van der Waals surface area contributed by atoms with Crippen LogP contribution in [0.5, 0.6) is 0 Å². The van der Waals surface area contributed by atoms with E-state index in [1.807, 2.05) is 32.9 Å². The van der Waals surface area contributed by atoms with Crippen LogP contribution in [0.1, 0.15) is 52.0 Å². The van der Waals surface area contributed by atoms with Gasteiger partial charge in [0.2, 0.25) is 0 Å². The van der Waals surface area contributed by atoms with Crippen LogP contribution in [0.15, 0.2) is 29.8 Å². The van der Waals surface area contributed by atoms with E-state index in [9.17, 15) is 4.79 Å². The van der Waals surface area contributed by atoms with Crippen molar-refractivity contribution >= 4 is 23.4 Å². The number of halogens is 1. The first kappa shape index (κ1) is 20.5. The van der Waals surface area contributed by atoms with Crippen molar-refractivity contribution in [2.24, 2.45) is 0 Å². The summed E-state index contributed by atoms with van der Waals surface area (Å²) < 4.78 is 5.54. The zero-order chi connectivity index (χ0) is 20.3. The molecule has 28 heavy (non-hydrogen) atoms. The smallest absolute Gasteiger partial charge is 0.410 e. The van der Waals surface area contributed by atoms with Crippen LogP contribution in [-0.4, -0.2) is 42.3 Å². The number of likely N-dealkylation sites (tertiary alicyclic amines) is 1. The number of amides is 1. The number of nitriles is 1. The first-order chi connectivity index (χ1) is 13.3. The fourth-order valence-corrected chi connectivity index (χ4v) is 4.01. The summed E-state index contributed by atoms with van der Waals surface area (Å²) in [5.41, 5.74) is 2.40. The Balaban J connectivity index is 1.79. The fraction of sp³-hybridized carbons (Fsp3) is 0.545. The molecular formula is C22H28ClN3O2. The molecule has 1 atom stereocenters. The highest BCUT2D eigenvalue weighted by molar-refractivity contribution is 6.32. The predicted molar refractivity (Wildman–Crippen MR) is 112 cm³/mol. The second-order valence-corrected chi connectivity index (χ2v) is 8.93. The highest BCUT2D eigenvalue weighted by Crippen LogP contribution is 2.30. The number of carbonyl (C=O) groups is 1. The minimum atomic E-state index is -0.496. The van der Waals surface area contributed by atoms with Gasteiger partial charge in [-0.05, 0) is 64.7 Å². The summed E-state index contributed by atoms with van der Waals surface area (Å²) >= 11 is 6.30. The average molecular weight is 402 g/mol. The Morgan fingerprint density at radius 2 is 2.21 bits per heavy atom. The zero-order valence-electron chi connectivity index (χ0n) is 16.9. The molecule has 1 aromatic rings. The standard InChI is InChI=1S/C22H28ClN3O2/c1-22(2,3)28-21(27)25-11-10-19(15-25)26(14-16-6-4-5-7-16)18-9-8-17(13-24)20(23)12-18/h6,8-9,12,19H,4-5,7,10-11,14-15H2,1-3H3/t19-/m0/s1. The number of hydrogen-bond donors (Lipinski definition) is 0. The maximum absolute atomic E-state index is 12.5. The first-order valence-corrected chi connectivity index (χ1v) is 10.3. The largest absolute Gasteiger partial charge is 0.444 e. The molecule has 1 saturated heterocycles. The number of allylic oxidation sites excluding steroid dienone is 1. The van der Waals surface area contributed by atoms with Crippen LogP contribution < -0.4 is 4.90 Å². The molecule has 1 heterocycles. The molecule has 0 saturated carbocycles. The van der Waals surface area contributed by atoms with Gasteiger partial charge in [0.05, 0.1) is 10.6 Å². The number of benzene rings is 1. The van der Waals surface area contributed by atoms with Crippen molar-refractivity contribution in [2.75, 3.05) is 24.5 Å². The highest BCUT2D eigenvalue weighted by atomic mass is 35.5. The van der Waals surface area contributed by atoms with E-state index in [-0.39, 0.29) is 12.1 Å². The van der Waals surface area contributed by atoms with Gasteiger partial charge < -0.3 is 14.5 Å². The number of anilines is 1. The first-order valence-electron chi connectivity index (χ1n) is 9.89. The minimum Gasteiger partial charge on any atom is -0.444 e. The van der Waals surface area contributed by atoms with Gasteiger partial charge in [0.15, 0.2) is 0 Å². The lowest BCUT2D eigenvalue weighted by atomic mass is 10.1. The molecule has 0 spiro atoms. The summed E-state index contributed by atoms with van der Waals surface area (Å²) in [5.74, 6) is 0. The van der Waals surface area contributed by atoms with E-state index in [2.05, 4.69) is 17.0 Å². The van der Waals surface area contributed by atoms with Crippen molar-refractivity contribution in [1.29, 1.82) is 5.26 Å². The van der Waals surface area contributed by atoms with Crippen LogP contribution in [0.4, 0.5) is 10.5 Å². The third-order valence-corrected chi connectivity index (χ3v) is 5.48. The predicted octanol–water partition coefficient (Wildman–Crippen LogP) is 5.14. The maximum Gasteiger partial charge on any atom is 0.410 e.